The molecule has 37 heteroatoms. The van der Waals surface area contributed by atoms with Gasteiger partial charge in [-0.3, -0.25) is 43.2 Å². The second-order valence-electron chi connectivity index (χ2n) is 31.9. The molecular formula is C91H100F10N13O14+. The van der Waals surface area contributed by atoms with Crippen LogP contribution in [0.1, 0.15) is 214 Å². The number of rotatable bonds is 33. The number of aliphatic hydroxyl groups excluding tert-OH is 1. The van der Waals surface area contributed by atoms with Gasteiger partial charge in [-0.25, -0.2) is 19.6 Å². The monoisotopic (exact) mass is 1790 g/mol. The van der Waals surface area contributed by atoms with Gasteiger partial charge in [0.2, 0.25) is 23.1 Å². The fourth-order valence-corrected chi connectivity index (χ4v) is 16.5. The van der Waals surface area contributed by atoms with E-state index in [1.54, 1.807) is 60.1 Å². The van der Waals surface area contributed by atoms with Gasteiger partial charge in [0.1, 0.15) is 31.2 Å². The summed E-state index contributed by atoms with van der Waals surface area (Å²) < 4.78 is 138. The summed E-state index contributed by atoms with van der Waals surface area (Å²) in [6.07, 6.45) is 1.77. The molecule has 0 saturated carbocycles. The first-order chi connectivity index (χ1) is 61.7. The maximum atomic E-state index is 14.5. The summed E-state index contributed by atoms with van der Waals surface area (Å²) in [5.74, 6) is -4.66. The van der Waals surface area contributed by atoms with Gasteiger partial charge in [-0.15, -0.1) is 20.5 Å². The van der Waals surface area contributed by atoms with Gasteiger partial charge in [-0.05, 0) is 178 Å². The highest BCUT2D eigenvalue weighted by molar-refractivity contribution is 6.03. The summed E-state index contributed by atoms with van der Waals surface area (Å²) in [7, 11) is -1.00. The van der Waals surface area contributed by atoms with Crippen LogP contribution in [-0.4, -0.2) is 168 Å². The fraction of sp³-hybridized carbons (Fsp3) is 0.429. The molecule has 7 heterocycles. The number of aliphatic carboxylic acids is 1. The number of nitrogens with two attached hydrogens (primary N) is 1. The Hall–Kier alpha value is -12.4. The summed E-state index contributed by atoms with van der Waals surface area (Å²) in [6.45, 7) is 3.89. The first-order valence-corrected chi connectivity index (χ1v) is 42.2. The number of benzene rings is 7. The Morgan fingerprint density at radius 2 is 1.04 bits per heavy atom. The van der Waals surface area contributed by atoms with E-state index in [1.165, 1.54) is 92.6 Å². The highest BCUT2D eigenvalue weighted by atomic mass is 19.4. The van der Waals surface area contributed by atoms with E-state index >= 15 is 0 Å². The minimum Gasteiger partial charge on any atom is -0.478 e. The summed E-state index contributed by atoms with van der Waals surface area (Å²) >= 11 is 0. The number of hydroxylamine groups is 1. The minimum atomic E-state index is -5.08. The smallest absolute Gasteiger partial charge is 0.478 e. The van der Waals surface area contributed by atoms with Crippen LogP contribution in [0.25, 0.3) is 5.57 Å². The second-order valence-corrected chi connectivity index (χ2v) is 31.9. The molecule has 7 aliphatic rings. The molecule has 0 fully saturated rings. The van der Waals surface area contributed by atoms with Crippen LogP contribution in [0.3, 0.4) is 0 Å². The van der Waals surface area contributed by atoms with Crippen molar-refractivity contribution in [1.29, 1.82) is 0 Å². The number of ketones is 1. The van der Waals surface area contributed by atoms with Crippen molar-refractivity contribution in [2.75, 3.05) is 81.7 Å². The maximum absolute atomic E-state index is 14.5. The van der Waals surface area contributed by atoms with E-state index in [9.17, 15) is 87.4 Å². The number of hydrogen-bond acceptors (Lipinski definition) is 18. The standard InChI is InChI=1S/C61H63F3N8O8.C27H32F3N5O4.C2HF3O2.CH3F/c62-61(63,64)60(68-69-60)42-22-17-37(18-23-42)36-72(58(76)38-19-24-43(25-20-38)66-50(73)15-3-1-2-4-16-51(74)67-79)32-27-65-57(75)41-21-26-44(59(77)78)47(35-41)52-48-33-39-11-5-7-28-70-30-9-13-45(53(39)70)55(48)80-56-46-14-10-31-71-29-8-6-12-40(54(46)71)34-49(52)56;28-27(29,30)26(33-34-26)21-11-7-19(8-12-21)17-35(16-15-31)25(39)20-9-13-22(14-10-20)32-24(38)6-4-2-1-3-5-23(37)18-36;3-2(4,5)1(6)7;1-2/h17-26,33-35H,1-16,27-32,36H2,(H4-,65,66,67,68,69,73,74,75,76,77,78,79);7-14,36H,1-6,15-18,31H2,(H,32,38);(H,6,7);1H3/p+1/i;;;1D. The highest BCUT2D eigenvalue weighted by Crippen LogP contribution is 2.54. The molecule has 7 aromatic rings. The Morgan fingerprint density at radius 3 is 1.54 bits per heavy atom. The van der Waals surface area contributed by atoms with Crippen LogP contribution in [0, 0.1) is 0 Å². The van der Waals surface area contributed by atoms with Crippen LogP contribution in [0.15, 0.2) is 148 Å². The van der Waals surface area contributed by atoms with Gasteiger partial charge in [0.25, 0.3) is 17.7 Å². The number of carbonyl (C=O) groups excluding carboxylic acids is 7. The van der Waals surface area contributed by atoms with E-state index in [1.807, 2.05) is 0 Å². The van der Waals surface area contributed by atoms with Crippen LogP contribution < -0.4 is 52.0 Å². The zero-order chi connectivity index (χ0) is 93.0. The second kappa shape index (κ2) is 42.9. The van der Waals surface area contributed by atoms with Crippen LogP contribution in [0.2, 0.25) is 0 Å². The number of halogens is 10. The van der Waals surface area contributed by atoms with Crippen molar-refractivity contribution in [3.05, 3.63) is 216 Å². The molecule has 0 saturated heterocycles. The number of fused-ring (bicyclic) bond motifs is 4. The van der Waals surface area contributed by atoms with Gasteiger partial charge >= 0.3 is 41.8 Å². The number of Topliss-reactive ketones (excluding diaryl/α,β-unsaturated/α-hetero) is 1. The van der Waals surface area contributed by atoms with Crippen molar-refractivity contribution in [3.8, 4) is 11.5 Å². The molecule has 0 bridgehead atoms. The molecule has 10 N–H and O–H groups in total. The van der Waals surface area contributed by atoms with E-state index in [0.717, 1.165) is 142 Å². The molecule has 6 amide bonds. The van der Waals surface area contributed by atoms with Gasteiger partial charge in [0, 0.05) is 163 Å². The lowest BCUT2D eigenvalue weighted by Crippen LogP contribution is -2.41. The quantitative estimate of drug-likeness (QED) is 0.00606. The number of alkyl halides is 10. The molecule has 682 valence electrons. The largest absolute Gasteiger partial charge is 0.490 e. The summed E-state index contributed by atoms with van der Waals surface area (Å²) in [5, 5.41) is 59.1. The Morgan fingerprint density at radius 1 is 0.555 bits per heavy atom. The number of aliphatic hydroxyl groups is 1. The number of carboxylic acids is 2. The third kappa shape index (κ3) is 23.5. The van der Waals surface area contributed by atoms with Crippen LogP contribution >= 0.6 is 0 Å². The minimum absolute atomic E-state index is 0.0298. The van der Waals surface area contributed by atoms with E-state index in [-0.39, 0.29) is 103 Å². The Kier molecular flexibility index (Phi) is 31.8. The van der Waals surface area contributed by atoms with Crippen LogP contribution in [0.5, 0.6) is 11.5 Å². The maximum Gasteiger partial charge on any atom is 0.490 e. The SMILES string of the molecule is NCCN(Cc1ccc(C2(C(F)(F)F)N=N2)cc1)C(=O)c1ccc(NC(=O)CCCCCCC(=O)CO)cc1.O=C(CCCCCCC(=O)Nc1ccc(C(=O)N(CCNC(=O)c2ccc(C(=O)O)c(C3=c4cc5c6c(c4Oc4c3cc3c7c4CCCN7CCCC3)CCC[N+]=6CCCC5)c2)Cc2ccc(C3(C(F)(F)F)N=N3)cc2)cc1)NO.O=C(O)C(F)(F)F.[2H]CF. The van der Waals surface area contributed by atoms with Crippen LogP contribution in [0.4, 0.5) is 61.0 Å². The first kappa shape index (κ1) is 94.7. The number of unbranched alkanes of at least 4 members (excludes halogenated alkanes) is 6. The topological polar surface area (TPSA) is 380 Å². The third-order valence-corrected chi connectivity index (χ3v) is 23.0. The van der Waals surface area contributed by atoms with Crippen molar-refractivity contribution in [3.63, 3.8) is 0 Å². The van der Waals surface area contributed by atoms with Gasteiger partial charge in [-0.1, -0.05) is 74.2 Å². The van der Waals surface area contributed by atoms with Gasteiger partial charge in [-0.2, -0.15) is 39.5 Å². The lowest BCUT2D eigenvalue weighted by molar-refractivity contribution is -0.192. The van der Waals surface area contributed by atoms with Crippen molar-refractivity contribution in [1.82, 2.24) is 25.2 Å². The first-order valence-electron chi connectivity index (χ1n) is 43.0. The van der Waals surface area contributed by atoms with Gasteiger partial charge < -0.3 is 56.4 Å². The molecule has 0 aliphatic carbocycles. The third-order valence-electron chi connectivity index (χ3n) is 23.0. The molecular weight excluding hydrogens is 1690 g/mol. The summed E-state index contributed by atoms with van der Waals surface area (Å²) in [5.41, 5.74) is 12.9. The predicted molar refractivity (Wildman–Crippen MR) is 450 cm³/mol. The van der Waals surface area contributed by atoms with E-state index < -0.39 is 73.3 Å². The lowest BCUT2D eigenvalue weighted by Gasteiger charge is -2.35. The number of nitrogens with zero attached hydrogens (tertiary/aromatic N) is 8. The normalized spacial score (nSPS) is 15.2. The number of aromatic carboxylic acids is 1. The number of carbonyl (C=O) groups is 9. The molecule has 0 radical (unpaired) electrons. The van der Waals surface area contributed by atoms with Crippen LogP contribution in [-0.2, 0) is 74.1 Å². The molecule has 7 aromatic carbocycles. The number of hydrogen-bond donors (Lipinski definition) is 9. The zero-order valence-corrected chi connectivity index (χ0v) is 70.0. The number of ether oxygens (including phenoxy) is 1. The Labute approximate surface area is 731 Å². The molecule has 0 aromatic heterocycles. The average molecular weight is 1790 g/mol. The Bertz CT molecular complexity index is 5460. The molecule has 0 atom stereocenters. The molecule has 14 rings (SSSR count). The summed E-state index contributed by atoms with van der Waals surface area (Å²) in [4.78, 5) is 117. The molecule has 128 heavy (non-hydrogen) atoms. The van der Waals surface area contributed by atoms with Crippen molar-refractivity contribution in [2.24, 2.45) is 26.2 Å². The lowest BCUT2D eigenvalue weighted by atomic mass is 9.82. The van der Waals surface area contributed by atoms with Crippen molar-refractivity contribution >= 4 is 75.8 Å². The highest BCUT2D eigenvalue weighted by Gasteiger charge is 2.66. The molecule has 0 spiro atoms. The summed E-state index contributed by atoms with van der Waals surface area (Å²) in [6, 6.07) is 33.0. The average Bonchev–Trinajstić information content (AvgIpc) is 1.69. The number of amides is 6. The fourth-order valence-electron chi connectivity index (χ4n) is 16.5. The molecule has 0 unspecified atom stereocenters. The Balaban J connectivity index is 0.000000273. The number of nitrogens with one attached hydrogen (secondary N) is 4. The van der Waals surface area contributed by atoms with Gasteiger partial charge in [0.05, 0.1) is 19.7 Å². The number of carboxylic acid groups (broad SMARTS) is 2. The van der Waals surface area contributed by atoms with Crippen molar-refractivity contribution < 1.29 is 114 Å². The number of anilines is 3. The number of aryl methyl sites for hydroxylation is 2. The van der Waals surface area contributed by atoms with E-state index in [0.29, 0.717) is 85.0 Å². The van der Waals surface area contributed by atoms with E-state index in [2.05, 4.69) is 58.0 Å². The zero-order valence-electron chi connectivity index (χ0n) is 71.0. The molecule has 7 aliphatic heterocycles. The van der Waals surface area contributed by atoms with Gasteiger partial charge in [0.15, 0.2) is 5.78 Å². The molecule has 27 nitrogen and oxygen atoms in total. The van der Waals surface area contributed by atoms with E-state index in [4.69, 9.17) is 32.1 Å². The predicted octanol–water partition coefficient (Wildman–Crippen LogP) is 14.2. The van der Waals surface area contributed by atoms with Crippen molar-refractivity contribution in [2.45, 2.75) is 184 Å².